The van der Waals surface area contributed by atoms with Crippen molar-refractivity contribution in [2.24, 2.45) is 0 Å². The first-order valence-electron chi connectivity index (χ1n) is 5.54. The molecule has 1 amide bonds. The second-order valence-electron chi connectivity index (χ2n) is 3.90. The number of hydrogen-bond donors (Lipinski definition) is 1. The van der Waals surface area contributed by atoms with Gasteiger partial charge in [-0.3, -0.25) is 0 Å². The van der Waals surface area contributed by atoms with E-state index >= 15 is 0 Å². The molecule has 1 rings (SSSR count). The van der Waals surface area contributed by atoms with E-state index in [2.05, 4.69) is 14.8 Å². The van der Waals surface area contributed by atoms with Gasteiger partial charge in [0.25, 0.3) is 0 Å². The van der Waals surface area contributed by atoms with Crippen molar-refractivity contribution in [1.82, 2.24) is 5.32 Å². The van der Waals surface area contributed by atoms with Gasteiger partial charge in [0.1, 0.15) is 6.04 Å². The van der Waals surface area contributed by atoms with Crippen LogP contribution in [0.1, 0.15) is 11.1 Å². The number of alkyl carbamates (subject to hydrolysis) is 1. The molecule has 0 unspecified atom stereocenters. The molecule has 0 heterocycles. The lowest BCUT2D eigenvalue weighted by molar-refractivity contribution is -0.142. The third kappa shape index (κ3) is 4.08. The molecular formula is C13H17NO4. The summed E-state index contributed by atoms with van der Waals surface area (Å²) in [5.41, 5.74) is 2.04. The summed E-state index contributed by atoms with van der Waals surface area (Å²) in [4.78, 5) is 22.7. The monoisotopic (exact) mass is 251 g/mol. The van der Waals surface area contributed by atoms with Crippen LogP contribution in [0.25, 0.3) is 0 Å². The van der Waals surface area contributed by atoms with Crippen molar-refractivity contribution in [2.45, 2.75) is 19.4 Å². The van der Waals surface area contributed by atoms with Crippen molar-refractivity contribution in [3.05, 3.63) is 35.4 Å². The summed E-state index contributed by atoms with van der Waals surface area (Å²) in [6.45, 7) is 1.96. The molecule has 0 bridgehead atoms. The molecule has 5 nitrogen and oxygen atoms in total. The summed E-state index contributed by atoms with van der Waals surface area (Å²) in [5, 5.41) is 2.45. The zero-order valence-electron chi connectivity index (χ0n) is 10.7. The van der Waals surface area contributed by atoms with Gasteiger partial charge in [0.05, 0.1) is 14.2 Å². The average Bonchev–Trinajstić information content (AvgIpc) is 2.36. The number of carbonyl (C=O) groups excluding carboxylic acids is 2. The SMILES string of the molecule is COC(=O)N[C@H](Cc1cccc(C)c1)C(=O)OC. The fourth-order valence-corrected chi connectivity index (χ4v) is 1.61. The Morgan fingerprint density at radius 2 is 2.00 bits per heavy atom. The molecule has 98 valence electrons. The first kappa shape index (κ1) is 14.0. The molecule has 0 aromatic heterocycles. The molecule has 1 aromatic carbocycles. The van der Waals surface area contributed by atoms with Crippen molar-refractivity contribution in [3.8, 4) is 0 Å². The standard InChI is InChI=1S/C13H17NO4/c1-9-5-4-6-10(7-9)8-11(12(15)17-2)14-13(16)18-3/h4-7,11H,8H2,1-3H3,(H,14,16)/t11-/m1/s1. The number of nitrogens with one attached hydrogen (secondary N) is 1. The van der Waals surface area contributed by atoms with Crippen LogP contribution in [0.2, 0.25) is 0 Å². The highest BCUT2D eigenvalue weighted by Gasteiger charge is 2.22. The molecule has 0 saturated carbocycles. The third-order valence-electron chi connectivity index (χ3n) is 2.49. The van der Waals surface area contributed by atoms with Crippen molar-refractivity contribution in [3.63, 3.8) is 0 Å². The number of carbonyl (C=O) groups is 2. The number of amides is 1. The van der Waals surface area contributed by atoms with Crippen LogP contribution in [0.3, 0.4) is 0 Å². The zero-order valence-corrected chi connectivity index (χ0v) is 10.7. The lowest BCUT2D eigenvalue weighted by atomic mass is 10.0. The van der Waals surface area contributed by atoms with Crippen molar-refractivity contribution < 1.29 is 19.1 Å². The number of ether oxygens (including phenoxy) is 2. The second kappa shape index (κ2) is 6.64. The van der Waals surface area contributed by atoms with Crippen LogP contribution >= 0.6 is 0 Å². The molecule has 0 aliphatic rings. The highest BCUT2D eigenvalue weighted by atomic mass is 16.5. The lowest BCUT2D eigenvalue weighted by Gasteiger charge is -2.15. The molecule has 1 N–H and O–H groups in total. The molecule has 0 fully saturated rings. The van der Waals surface area contributed by atoms with Gasteiger partial charge >= 0.3 is 12.1 Å². The molecule has 1 atom stereocenters. The average molecular weight is 251 g/mol. The highest BCUT2D eigenvalue weighted by Crippen LogP contribution is 2.08. The Kier molecular flexibility index (Phi) is 5.17. The van der Waals surface area contributed by atoms with Crippen molar-refractivity contribution in [2.75, 3.05) is 14.2 Å². The minimum Gasteiger partial charge on any atom is -0.467 e. The van der Waals surface area contributed by atoms with Gasteiger partial charge in [0, 0.05) is 6.42 Å². The Bertz CT molecular complexity index is 431. The molecular weight excluding hydrogens is 234 g/mol. The van der Waals surface area contributed by atoms with Gasteiger partial charge in [-0.2, -0.15) is 0 Å². The van der Waals surface area contributed by atoms with Crippen LogP contribution < -0.4 is 5.32 Å². The van der Waals surface area contributed by atoms with Gasteiger partial charge in [-0.1, -0.05) is 29.8 Å². The van der Waals surface area contributed by atoms with E-state index in [4.69, 9.17) is 0 Å². The van der Waals surface area contributed by atoms with Gasteiger partial charge in [0.15, 0.2) is 0 Å². The van der Waals surface area contributed by atoms with Crippen LogP contribution in [0.4, 0.5) is 4.79 Å². The van der Waals surface area contributed by atoms with Crippen LogP contribution in [0.15, 0.2) is 24.3 Å². The highest BCUT2D eigenvalue weighted by molar-refractivity contribution is 5.81. The number of hydrogen-bond acceptors (Lipinski definition) is 4. The van der Waals surface area contributed by atoms with Crippen LogP contribution in [-0.2, 0) is 20.7 Å². The Morgan fingerprint density at radius 3 is 2.56 bits per heavy atom. The number of benzene rings is 1. The van der Waals surface area contributed by atoms with Gasteiger partial charge in [-0.05, 0) is 12.5 Å². The van der Waals surface area contributed by atoms with Gasteiger partial charge < -0.3 is 14.8 Å². The van der Waals surface area contributed by atoms with E-state index in [0.29, 0.717) is 6.42 Å². The Hall–Kier alpha value is -2.04. The maximum atomic E-state index is 11.6. The second-order valence-corrected chi connectivity index (χ2v) is 3.90. The summed E-state index contributed by atoms with van der Waals surface area (Å²) in [5.74, 6) is -0.498. The predicted molar refractivity (Wildman–Crippen MR) is 66.2 cm³/mol. The summed E-state index contributed by atoms with van der Waals surface area (Å²) in [6, 6.07) is 6.96. The van der Waals surface area contributed by atoms with E-state index in [0.717, 1.165) is 11.1 Å². The fraction of sp³-hybridized carbons (Fsp3) is 0.385. The number of esters is 1. The third-order valence-corrected chi connectivity index (χ3v) is 2.49. The summed E-state index contributed by atoms with van der Waals surface area (Å²) < 4.78 is 9.13. The molecule has 5 heteroatoms. The van der Waals surface area contributed by atoms with Gasteiger partial charge in [-0.25, -0.2) is 9.59 Å². The topological polar surface area (TPSA) is 64.6 Å². The van der Waals surface area contributed by atoms with Crippen LogP contribution in [0.5, 0.6) is 0 Å². The molecule has 0 spiro atoms. The minimum atomic E-state index is -0.746. The summed E-state index contributed by atoms with van der Waals surface area (Å²) in [7, 11) is 2.53. The maximum Gasteiger partial charge on any atom is 0.407 e. The molecule has 0 aliphatic heterocycles. The largest absolute Gasteiger partial charge is 0.467 e. The van der Waals surface area contributed by atoms with E-state index in [9.17, 15) is 9.59 Å². The first-order valence-corrected chi connectivity index (χ1v) is 5.54. The van der Waals surface area contributed by atoms with Crippen LogP contribution in [-0.4, -0.2) is 32.3 Å². The summed E-state index contributed by atoms with van der Waals surface area (Å²) in [6.07, 6.45) is -0.290. The van der Waals surface area contributed by atoms with E-state index in [1.807, 2.05) is 31.2 Å². The molecule has 0 radical (unpaired) electrons. The Morgan fingerprint density at radius 1 is 1.28 bits per heavy atom. The van der Waals surface area contributed by atoms with Gasteiger partial charge in [0.2, 0.25) is 0 Å². The predicted octanol–water partition coefficient (Wildman–Crippen LogP) is 1.44. The molecule has 0 aliphatic carbocycles. The minimum absolute atomic E-state index is 0.365. The quantitative estimate of drug-likeness (QED) is 0.822. The van der Waals surface area contributed by atoms with E-state index in [-0.39, 0.29) is 0 Å². The van der Waals surface area contributed by atoms with Crippen molar-refractivity contribution >= 4 is 12.1 Å². The Balaban J connectivity index is 2.78. The summed E-state index contributed by atoms with van der Waals surface area (Å²) >= 11 is 0. The fourth-order valence-electron chi connectivity index (χ4n) is 1.61. The van der Waals surface area contributed by atoms with Crippen LogP contribution in [0, 0.1) is 6.92 Å². The number of rotatable bonds is 4. The first-order chi connectivity index (χ1) is 8.56. The lowest BCUT2D eigenvalue weighted by Crippen LogP contribution is -2.43. The van der Waals surface area contributed by atoms with E-state index < -0.39 is 18.1 Å². The zero-order chi connectivity index (χ0) is 13.5. The molecule has 0 saturated heterocycles. The van der Waals surface area contributed by atoms with E-state index in [1.54, 1.807) is 0 Å². The Labute approximate surface area is 106 Å². The van der Waals surface area contributed by atoms with Gasteiger partial charge in [-0.15, -0.1) is 0 Å². The van der Waals surface area contributed by atoms with Crippen molar-refractivity contribution in [1.29, 1.82) is 0 Å². The molecule has 18 heavy (non-hydrogen) atoms. The molecule has 1 aromatic rings. The number of aryl methyl sites for hydroxylation is 1. The number of methoxy groups -OCH3 is 2. The maximum absolute atomic E-state index is 11.6. The van der Waals surface area contributed by atoms with E-state index in [1.165, 1.54) is 14.2 Å². The smallest absolute Gasteiger partial charge is 0.407 e. The normalized spacial score (nSPS) is 11.5.